The molecule has 1 saturated heterocycles. The molecule has 0 radical (unpaired) electrons. The molecule has 3 atom stereocenters. The third-order valence-corrected chi connectivity index (χ3v) is 4.36. The zero-order valence-corrected chi connectivity index (χ0v) is 14.2. The minimum atomic E-state index is -0.898. The second-order valence-corrected chi connectivity index (χ2v) is 6.42. The molecule has 1 rings (SSSR count). The van der Waals surface area contributed by atoms with Crippen molar-refractivity contribution in [3.05, 3.63) is 24.3 Å². The van der Waals surface area contributed by atoms with Gasteiger partial charge in [0.1, 0.15) is 0 Å². The van der Waals surface area contributed by atoms with Crippen molar-refractivity contribution >= 4 is 5.97 Å². The van der Waals surface area contributed by atoms with Crippen LogP contribution in [-0.4, -0.2) is 23.3 Å². The number of hydrogen-bond acceptors (Lipinski definition) is 2. The van der Waals surface area contributed by atoms with Gasteiger partial charge in [0.05, 0.1) is 12.2 Å². The number of carboxylic acid groups (broad SMARTS) is 1. The fourth-order valence-electron chi connectivity index (χ4n) is 3.08. The van der Waals surface area contributed by atoms with Gasteiger partial charge in [0.15, 0.2) is 0 Å². The topological polar surface area (TPSA) is 46.5 Å². The average Bonchev–Trinajstić information content (AvgIpc) is 2.82. The predicted octanol–water partition coefficient (Wildman–Crippen LogP) is 5.12. The second-order valence-electron chi connectivity index (χ2n) is 6.42. The number of carbonyl (C=O) groups is 1. The Kier molecular flexibility index (Phi) is 9.89. The van der Waals surface area contributed by atoms with Crippen LogP contribution in [0.1, 0.15) is 71.6 Å². The maximum Gasteiger partial charge on any atom is 0.328 e. The highest BCUT2D eigenvalue weighted by Crippen LogP contribution is 2.32. The lowest BCUT2D eigenvalue weighted by Crippen LogP contribution is -2.14. The van der Waals surface area contributed by atoms with E-state index in [1.807, 2.05) is 12.2 Å². The number of carboxylic acids is 1. The van der Waals surface area contributed by atoms with Gasteiger partial charge >= 0.3 is 5.97 Å². The Morgan fingerprint density at radius 1 is 1.18 bits per heavy atom. The third-order valence-electron chi connectivity index (χ3n) is 4.36. The minimum absolute atomic E-state index is 0.447. The van der Waals surface area contributed by atoms with E-state index in [9.17, 15) is 4.79 Å². The summed E-state index contributed by atoms with van der Waals surface area (Å²) in [4.78, 5) is 10.3. The molecule has 1 aliphatic heterocycles. The van der Waals surface area contributed by atoms with Crippen LogP contribution in [0.2, 0.25) is 0 Å². The summed E-state index contributed by atoms with van der Waals surface area (Å²) in [5, 5.41) is 8.46. The van der Waals surface area contributed by atoms with Crippen LogP contribution in [0.5, 0.6) is 0 Å². The summed E-state index contributed by atoms with van der Waals surface area (Å²) < 4.78 is 6.20. The smallest absolute Gasteiger partial charge is 0.328 e. The summed E-state index contributed by atoms with van der Waals surface area (Å²) in [6.07, 6.45) is 18.4. The molecule has 0 aliphatic carbocycles. The highest BCUT2D eigenvalue weighted by atomic mass is 16.5. The van der Waals surface area contributed by atoms with Crippen molar-refractivity contribution in [1.29, 1.82) is 0 Å². The van der Waals surface area contributed by atoms with E-state index in [0.29, 0.717) is 18.1 Å². The molecule has 0 amide bonds. The fraction of sp³-hybridized carbons (Fsp3) is 0.737. The van der Waals surface area contributed by atoms with Crippen LogP contribution in [0.4, 0.5) is 0 Å². The van der Waals surface area contributed by atoms with Gasteiger partial charge in [-0.05, 0) is 38.0 Å². The quantitative estimate of drug-likeness (QED) is 0.327. The maximum absolute atomic E-state index is 10.3. The molecule has 22 heavy (non-hydrogen) atoms. The van der Waals surface area contributed by atoms with E-state index in [4.69, 9.17) is 9.84 Å². The summed E-state index contributed by atoms with van der Waals surface area (Å²) >= 11 is 0. The molecule has 126 valence electrons. The lowest BCUT2D eigenvalue weighted by atomic mass is 9.96. The van der Waals surface area contributed by atoms with Gasteiger partial charge in [-0.25, -0.2) is 4.79 Å². The summed E-state index contributed by atoms with van der Waals surface area (Å²) in [6, 6.07) is 0. The number of rotatable bonds is 11. The molecule has 0 aromatic carbocycles. The predicted molar refractivity (Wildman–Crippen MR) is 91.0 cm³/mol. The van der Waals surface area contributed by atoms with Crippen molar-refractivity contribution in [3.63, 3.8) is 0 Å². The molecule has 0 aromatic rings. The first-order valence-electron chi connectivity index (χ1n) is 8.85. The maximum atomic E-state index is 10.3. The van der Waals surface area contributed by atoms with Gasteiger partial charge in [0, 0.05) is 6.08 Å². The Labute approximate surface area is 135 Å². The van der Waals surface area contributed by atoms with Crippen LogP contribution in [0, 0.1) is 5.92 Å². The van der Waals surface area contributed by atoms with Gasteiger partial charge in [-0.3, -0.25) is 0 Å². The second kappa shape index (κ2) is 11.5. The van der Waals surface area contributed by atoms with Crippen molar-refractivity contribution in [2.45, 2.75) is 83.8 Å². The van der Waals surface area contributed by atoms with Gasteiger partial charge in [0.2, 0.25) is 0 Å². The number of aliphatic carboxylic acids is 1. The van der Waals surface area contributed by atoms with Crippen LogP contribution in [0.15, 0.2) is 24.3 Å². The summed E-state index contributed by atoms with van der Waals surface area (Å²) in [7, 11) is 0. The number of hydrogen-bond donors (Lipinski definition) is 1. The first kappa shape index (κ1) is 19.0. The average molecular weight is 308 g/mol. The molecule has 1 heterocycles. The van der Waals surface area contributed by atoms with Gasteiger partial charge in [-0.1, -0.05) is 57.8 Å². The Bertz CT molecular complexity index is 360. The molecule has 0 spiro atoms. The molecule has 1 aliphatic rings. The molecule has 3 heteroatoms. The highest BCUT2D eigenvalue weighted by Gasteiger charge is 2.30. The fourth-order valence-corrected chi connectivity index (χ4v) is 3.08. The summed E-state index contributed by atoms with van der Waals surface area (Å²) in [5.41, 5.74) is 0. The standard InChI is InChI=1S/C19H32O3/c1-3-4-9-12-17-15-16(2)18(22-17)13-10-7-5-6-8-11-14-19(20)21/h6,8,11,14,16-18H,3-5,7,9-10,12-13,15H2,1-2H3,(H,20,21). The molecule has 1 fully saturated rings. The lowest BCUT2D eigenvalue weighted by molar-refractivity contribution is -0.131. The van der Waals surface area contributed by atoms with E-state index >= 15 is 0 Å². The lowest BCUT2D eigenvalue weighted by Gasteiger charge is -2.15. The third kappa shape index (κ3) is 8.38. The van der Waals surface area contributed by atoms with Crippen molar-refractivity contribution in [2.75, 3.05) is 0 Å². The van der Waals surface area contributed by atoms with Crippen LogP contribution in [0.3, 0.4) is 0 Å². The largest absolute Gasteiger partial charge is 0.478 e. The molecule has 3 unspecified atom stereocenters. The van der Waals surface area contributed by atoms with Crippen molar-refractivity contribution in [1.82, 2.24) is 0 Å². The van der Waals surface area contributed by atoms with Crippen molar-refractivity contribution in [3.8, 4) is 0 Å². The van der Waals surface area contributed by atoms with Crippen molar-refractivity contribution < 1.29 is 14.6 Å². The van der Waals surface area contributed by atoms with Gasteiger partial charge in [0.25, 0.3) is 0 Å². The molecule has 0 bridgehead atoms. The molecular weight excluding hydrogens is 276 g/mol. The van der Waals surface area contributed by atoms with E-state index in [1.165, 1.54) is 38.5 Å². The molecule has 0 saturated carbocycles. The monoisotopic (exact) mass is 308 g/mol. The first-order valence-corrected chi connectivity index (χ1v) is 8.85. The van der Waals surface area contributed by atoms with Crippen LogP contribution >= 0.6 is 0 Å². The van der Waals surface area contributed by atoms with Gasteiger partial charge in [-0.2, -0.15) is 0 Å². The van der Waals surface area contributed by atoms with E-state index in [2.05, 4.69) is 13.8 Å². The minimum Gasteiger partial charge on any atom is -0.478 e. The van der Waals surface area contributed by atoms with E-state index in [0.717, 1.165) is 25.3 Å². The normalized spacial score (nSPS) is 25.5. The molecule has 1 N–H and O–H groups in total. The van der Waals surface area contributed by atoms with Gasteiger partial charge in [-0.15, -0.1) is 0 Å². The van der Waals surface area contributed by atoms with Gasteiger partial charge < -0.3 is 9.84 Å². The van der Waals surface area contributed by atoms with E-state index < -0.39 is 5.97 Å². The zero-order chi connectivity index (χ0) is 16.2. The van der Waals surface area contributed by atoms with Crippen LogP contribution in [0.25, 0.3) is 0 Å². The number of ether oxygens (including phenoxy) is 1. The van der Waals surface area contributed by atoms with Crippen LogP contribution in [-0.2, 0) is 9.53 Å². The van der Waals surface area contributed by atoms with Crippen LogP contribution < -0.4 is 0 Å². The number of allylic oxidation sites excluding steroid dienone is 3. The molecule has 3 nitrogen and oxygen atoms in total. The Balaban J connectivity index is 2.08. The summed E-state index contributed by atoms with van der Waals surface area (Å²) in [5.74, 6) is -0.203. The molecule has 0 aromatic heterocycles. The number of unbranched alkanes of at least 4 members (excludes halogenated alkanes) is 4. The van der Waals surface area contributed by atoms with E-state index in [-0.39, 0.29) is 0 Å². The SMILES string of the molecule is CCCCCC1CC(C)C(CCCCC=CC=CC(=O)O)O1. The molecular formula is C19H32O3. The Hall–Kier alpha value is -1.09. The summed E-state index contributed by atoms with van der Waals surface area (Å²) in [6.45, 7) is 4.56. The Morgan fingerprint density at radius 3 is 2.68 bits per heavy atom. The van der Waals surface area contributed by atoms with E-state index in [1.54, 1.807) is 6.08 Å². The Morgan fingerprint density at radius 2 is 1.95 bits per heavy atom. The first-order chi connectivity index (χ1) is 10.6. The van der Waals surface area contributed by atoms with Crippen molar-refractivity contribution in [2.24, 2.45) is 5.92 Å². The zero-order valence-electron chi connectivity index (χ0n) is 14.2. The highest BCUT2D eigenvalue weighted by molar-refractivity contribution is 5.80.